The molecule has 0 amide bonds. The van der Waals surface area contributed by atoms with E-state index in [0.29, 0.717) is 6.54 Å². The molecule has 0 aromatic carbocycles. The minimum absolute atomic E-state index is 0.698. The summed E-state index contributed by atoms with van der Waals surface area (Å²) in [7, 11) is 0. The van der Waals surface area contributed by atoms with Crippen molar-refractivity contribution in [2.75, 3.05) is 13.1 Å². The third-order valence-electron chi connectivity index (χ3n) is 1.90. The molecule has 0 aliphatic heterocycles. The van der Waals surface area contributed by atoms with Crippen molar-refractivity contribution in [3.63, 3.8) is 0 Å². The van der Waals surface area contributed by atoms with Crippen molar-refractivity contribution >= 4 is 5.71 Å². The van der Waals surface area contributed by atoms with Gasteiger partial charge in [0, 0.05) is 12.3 Å². The molecule has 2 N–H and O–H groups in total. The van der Waals surface area contributed by atoms with E-state index in [9.17, 15) is 0 Å². The van der Waals surface area contributed by atoms with E-state index in [1.54, 1.807) is 0 Å². The van der Waals surface area contributed by atoms with Crippen LogP contribution in [0.25, 0.3) is 0 Å². The predicted molar refractivity (Wildman–Crippen MR) is 44.4 cm³/mol. The molecule has 1 aliphatic rings. The van der Waals surface area contributed by atoms with Crippen LogP contribution in [0.4, 0.5) is 0 Å². The highest BCUT2D eigenvalue weighted by Crippen LogP contribution is 2.14. The molecule has 0 saturated heterocycles. The van der Waals surface area contributed by atoms with Gasteiger partial charge < -0.3 is 5.73 Å². The highest BCUT2D eigenvalue weighted by Gasteiger charge is 2.04. The third kappa shape index (κ3) is 2.48. The summed E-state index contributed by atoms with van der Waals surface area (Å²) in [6, 6.07) is 0. The first-order valence-electron chi connectivity index (χ1n) is 4.16. The third-order valence-corrected chi connectivity index (χ3v) is 1.90. The Morgan fingerprint density at radius 1 is 1.20 bits per heavy atom. The van der Waals surface area contributed by atoms with E-state index in [0.717, 1.165) is 6.54 Å². The summed E-state index contributed by atoms with van der Waals surface area (Å²) >= 11 is 0. The summed E-state index contributed by atoms with van der Waals surface area (Å²) in [5.74, 6) is 0. The zero-order valence-corrected chi connectivity index (χ0v) is 6.47. The number of nitrogens with two attached hydrogens (primary N) is 1. The monoisotopic (exact) mass is 140 g/mol. The second-order valence-electron chi connectivity index (χ2n) is 2.80. The lowest BCUT2D eigenvalue weighted by Gasteiger charge is -2.11. The van der Waals surface area contributed by atoms with Crippen LogP contribution in [0.1, 0.15) is 32.1 Å². The normalized spacial score (nSPS) is 19.1. The highest BCUT2D eigenvalue weighted by atomic mass is 14.8. The fourth-order valence-electron chi connectivity index (χ4n) is 1.34. The van der Waals surface area contributed by atoms with Crippen LogP contribution in [0.15, 0.2) is 4.99 Å². The molecule has 0 aromatic heterocycles. The van der Waals surface area contributed by atoms with Gasteiger partial charge >= 0.3 is 0 Å². The zero-order valence-electron chi connectivity index (χ0n) is 6.47. The van der Waals surface area contributed by atoms with Crippen LogP contribution >= 0.6 is 0 Å². The Hall–Kier alpha value is -0.370. The van der Waals surface area contributed by atoms with Crippen LogP contribution in [0.2, 0.25) is 0 Å². The molecule has 1 saturated carbocycles. The average Bonchev–Trinajstić information content (AvgIpc) is 2.03. The quantitative estimate of drug-likeness (QED) is 0.617. The van der Waals surface area contributed by atoms with E-state index in [2.05, 4.69) is 4.99 Å². The maximum Gasteiger partial charge on any atom is 0.0511 e. The number of nitrogens with zero attached hydrogens (tertiary/aromatic N) is 1. The standard InChI is InChI=1S/C8H16N2/c9-6-7-10-8-4-2-1-3-5-8/h1-7,9H2. The summed E-state index contributed by atoms with van der Waals surface area (Å²) in [6.07, 6.45) is 6.51. The SMILES string of the molecule is NCCN=C1CCCCC1. The highest BCUT2D eigenvalue weighted by molar-refractivity contribution is 5.84. The van der Waals surface area contributed by atoms with Crippen molar-refractivity contribution in [2.45, 2.75) is 32.1 Å². The maximum absolute atomic E-state index is 5.34. The van der Waals surface area contributed by atoms with Gasteiger partial charge in [0.05, 0.1) is 6.54 Å². The van der Waals surface area contributed by atoms with Crippen LogP contribution in [0.5, 0.6) is 0 Å². The Balaban J connectivity index is 2.23. The van der Waals surface area contributed by atoms with Gasteiger partial charge in [0.15, 0.2) is 0 Å². The number of hydrogen-bond acceptors (Lipinski definition) is 2. The van der Waals surface area contributed by atoms with Gasteiger partial charge in [0.1, 0.15) is 0 Å². The molecule has 58 valence electrons. The van der Waals surface area contributed by atoms with Crippen LogP contribution in [-0.4, -0.2) is 18.8 Å². The number of aliphatic imine (C=N–C) groups is 1. The fourth-order valence-corrected chi connectivity index (χ4v) is 1.34. The first-order chi connectivity index (χ1) is 4.93. The average molecular weight is 140 g/mol. The first kappa shape index (κ1) is 7.73. The van der Waals surface area contributed by atoms with Gasteiger partial charge in [-0.05, 0) is 25.7 Å². The molecule has 0 atom stereocenters. The molecule has 2 nitrogen and oxygen atoms in total. The van der Waals surface area contributed by atoms with E-state index >= 15 is 0 Å². The van der Waals surface area contributed by atoms with Crippen molar-refractivity contribution in [3.8, 4) is 0 Å². The van der Waals surface area contributed by atoms with E-state index in [1.807, 2.05) is 0 Å². The number of hydrogen-bond donors (Lipinski definition) is 1. The molecule has 1 aliphatic carbocycles. The van der Waals surface area contributed by atoms with Crippen LogP contribution in [-0.2, 0) is 0 Å². The van der Waals surface area contributed by atoms with Gasteiger partial charge in [0.2, 0.25) is 0 Å². The molecular formula is C8H16N2. The molecule has 1 rings (SSSR count). The Kier molecular flexibility index (Phi) is 3.44. The molecule has 0 radical (unpaired) electrons. The Labute approximate surface area is 62.5 Å². The van der Waals surface area contributed by atoms with Gasteiger partial charge in [-0.15, -0.1) is 0 Å². The second kappa shape index (κ2) is 4.45. The van der Waals surface area contributed by atoms with Crippen LogP contribution < -0.4 is 5.73 Å². The second-order valence-corrected chi connectivity index (χ2v) is 2.80. The maximum atomic E-state index is 5.34. The smallest absolute Gasteiger partial charge is 0.0511 e. The molecular weight excluding hydrogens is 124 g/mol. The van der Waals surface area contributed by atoms with Crippen molar-refractivity contribution < 1.29 is 0 Å². The van der Waals surface area contributed by atoms with E-state index < -0.39 is 0 Å². The Morgan fingerprint density at radius 3 is 2.50 bits per heavy atom. The molecule has 0 spiro atoms. The van der Waals surface area contributed by atoms with Gasteiger partial charge in [-0.3, -0.25) is 4.99 Å². The van der Waals surface area contributed by atoms with Crippen LogP contribution in [0, 0.1) is 0 Å². The minimum Gasteiger partial charge on any atom is -0.329 e. The zero-order chi connectivity index (χ0) is 7.23. The first-order valence-corrected chi connectivity index (χ1v) is 4.16. The molecule has 10 heavy (non-hydrogen) atoms. The van der Waals surface area contributed by atoms with Gasteiger partial charge in [-0.2, -0.15) is 0 Å². The molecule has 1 fully saturated rings. The van der Waals surface area contributed by atoms with Gasteiger partial charge in [-0.1, -0.05) is 6.42 Å². The summed E-state index contributed by atoms with van der Waals surface area (Å²) in [5.41, 5.74) is 6.74. The lowest BCUT2D eigenvalue weighted by Crippen LogP contribution is -2.09. The summed E-state index contributed by atoms with van der Waals surface area (Å²) in [5, 5.41) is 0. The minimum atomic E-state index is 0.698. The Morgan fingerprint density at radius 2 is 1.90 bits per heavy atom. The topological polar surface area (TPSA) is 38.4 Å². The fraction of sp³-hybridized carbons (Fsp3) is 0.875. The molecule has 0 heterocycles. The van der Waals surface area contributed by atoms with Crippen molar-refractivity contribution in [2.24, 2.45) is 10.7 Å². The largest absolute Gasteiger partial charge is 0.329 e. The van der Waals surface area contributed by atoms with E-state index in [4.69, 9.17) is 5.73 Å². The van der Waals surface area contributed by atoms with Gasteiger partial charge in [0.25, 0.3) is 0 Å². The van der Waals surface area contributed by atoms with Crippen molar-refractivity contribution in [1.29, 1.82) is 0 Å². The summed E-state index contributed by atoms with van der Waals surface area (Å²) < 4.78 is 0. The summed E-state index contributed by atoms with van der Waals surface area (Å²) in [6.45, 7) is 1.53. The lowest BCUT2D eigenvalue weighted by molar-refractivity contribution is 0.663. The van der Waals surface area contributed by atoms with Gasteiger partial charge in [-0.25, -0.2) is 0 Å². The van der Waals surface area contributed by atoms with E-state index in [-0.39, 0.29) is 0 Å². The predicted octanol–water partition coefficient (Wildman–Crippen LogP) is 1.35. The molecule has 0 aromatic rings. The van der Waals surface area contributed by atoms with Crippen molar-refractivity contribution in [3.05, 3.63) is 0 Å². The summed E-state index contributed by atoms with van der Waals surface area (Å²) in [4.78, 5) is 4.39. The Bertz CT molecular complexity index is 110. The lowest BCUT2D eigenvalue weighted by atomic mass is 9.99. The number of rotatable bonds is 2. The van der Waals surface area contributed by atoms with E-state index in [1.165, 1.54) is 37.8 Å². The molecule has 2 heteroatoms. The molecule has 0 bridgehead atoms. The van der Waals surface area contributed by atoms with Crippen LogP contribution in [0.3, 0.4) is 0 Å². The molecule has 0 unspecified atom stereocenters. The van der Waals surface area contributed by atoms with Crippen molar-refractivity contribution in [1.82, 2.24) is 0 Å².